The standard InChI is InChI=1S/C14H23N3O/c1-3-10-6-4-5-7-12(10)16-13-9-8-11(15)14(17-13)18-2/h8-10,12H,3-7,15H2,1-2H3,(H,16,17). The molecule has 0 bridgehead atoms. The van der Waals surface area contributed by atoms with Crippen LogP contribution in [0.5, 0.6) is 5.88 Å². The number of anilines is 2. The Bertz CT molecular complexity index is 395. The Kier molecular flexibility index (Phi) is 4.28. The van der Waals surface area contributed by atoms with E-state index in [0.717, 1.165) is 11.7 Å². The fourth-order valence-electron chi connectivity index (χ4n) is 2.77. The average Bonchev–Trinajstić information content (AvgIpc) is 2.41. The summed E-state index contributed by atoms with van der Waals surface area (Å²) in [4.78, 5) is 4.40. The lowest BCUT2D eigenvalue weighted by Crippen LogP contribution is -2.32. The molecule has 0 aliphatic heterocycles. The molecule has 1 aliphatic rings. The van der Waals surface area contributed by atoms with Gasteiger partial charge in [0.15, 0.2) is 0 Å². The van der Waals surface area contributed by atoms with Crippen molar-refractivity contribution in [3.63, 3.8) is 0 Å². The summed E-state index contributed by atoms with van der Waals surface area (Å²) >= 11 is 0. The van der Waals surface area contributed by atoms with Gasteiger partial charge in [-0.2, -0.15) is 4.98 Å². The number of rotatable bonds is 4. The first-order chi connectivity index (χ1) is 8.74. The molecular formula is C14H23N3O. The van der Waals surface area contributed by atoms with Crippen molar-refractivity contribution in [1.29, 1.82) is 0 Å². The van der Waals surface area contributed by atoms with Crippen molar-refractivity contribution in [2.24, 2.45) is 5.92 Å². The van der Waals surface area contributed by atoms with Crippen LogP contribution in [0.1, 0.15) is 39.0 Å². The minimum Gasteiger partial charge on any atom is -0.479 e. The van der Waals surface area contributed by atoms with Gasteiger partial charge in [0.05, 0.1) is 12.8 Å². The van der Waals surface area contributed by atoms with Crippen LogP contribution in [0.3, 0.4) is 0 Å². The molecule has 18 heavy (non-hydrogen) atoms. The molecular weight excluding hydrogens is 226 g/mol. The average molecular weight is 249 g/mol. The van der Waals surface area contributed by atoms with Crippen molar-refractivity contribution in [1.82, 2.24) is 4.98 Å². The summed E-state index contributed by atoms with van der Waals surface area (Å²) < 4.78 is 5.15. The van der Waals surface area contributed by atoms with Gasteiger partial charge in [-0.15, -0.1) is 0 Å². The van der Waals surface area contributed by atoms with Crippen LogP contribution in [0.4, 0.5) is 11.5 Å². The van der Waals surface area contributed by atoms with Crippen LogP contribution in [0.15, 0.2) is 12.1 Å². The molecule has 0 amide bonds. The molecule has 0 aromatic carbocycles. The van der Waals surface area contributed by atoms with Gasteiger partial charge in [-0.25, -0.2) is 0 Å². The highest BCUT2D eigenvalue weighted by molar-refractivity contribution is 5.53. The number of nitrogens with one attached hydrogen (secondary N) is 1. The summed E-state index contributed by atoms with van der Waals surface area (Å²) in [7, 11) is 1.60. The highest BCUT2D eigenvalue weighted by atomic mass is 16.5. The molecule has 1 saturated carbocycles. The summed E-state index contributed by atoms with van der Waals surface area (Å²) in [6.45, 7) is 2.27. The van der Waals surface area contributed by atoms with Gasteiger partial charge >= 0.3 is 0 Å². The lowest BCUT2D eigenvalue weighted by Gasteiger charge is -2.32. The third-order valence-corrected chi connectivity index (χ3v) is 3.85. The maximum atomic E-state index is 5.77. The van der Waals surface area contributed by atoms with E-state index in [9.17, 15) is 0 Å². The van der Waals surface area contributed by atoms with E-state index >= 15 is 0 Å². The predicted molar refractivity (Wildman–Crippen MR) is 74.9 cm³/mol. The van der Waals surface area contributed by atoms with Crippen molar-refractivity contribution >= 4 is 11.5 Å². The fraction of sp³-hybridized carbons (Fsp3) is 0.643. The monoisotopic (exact) mass is 249 g/mol. The lowest BCUT2D eigenvalue weighted by molar-refractivity contribution is 0.316. The van der Waals surface area contributed by atoms with E-state index in [1.807, 2.05) is 12.1 Å². The van der Waals surface area contributed by atoms with Crippen LogP contribution < -0.4 is 15.8 Å². The lowest BCUT2D eigenvalue weighted by atomic mass is 9.83. The first-order valence-electron chi connectivity index (χ1n) is 6.81. The number of hydrogen-bond acceptors (Lipinski definition) is 4. The van der Waals surface area contributed by atoms with E-state index < -0.39 is 0 Å². The van der Waals surface area contributed by atoms with Gasteiger partial charge in [-0.05, 0) is 30.9 Å². The maximum Gasteiger partial charge on any atom is 0.238 e. The minimum atomic E-state index is 0.504. The van der Waals surface area contributed by atoms with Gasteiger partial charge in [0, 0.05) is 6.04 Å². The van der Waals surface area contributed by atoms with Crippen molar-refractivity contribution < 1.29 is 4.74 Å². The molecule has 1 heterocycles. The van der Waals surface area contributed by atoms with Crippen molar-refractivity contribution in [2.45, 2.75) is 45.1 Å². The van der Waals surface area contributed by atoms with Crippen LogP contribution in [-0.4, -0.2) is 18.1 Å². The second kappa shape index (κ2) is 5.94. The smallest absolute Gasteiger partial charge is 0.238 e. The summed E-state index contributed by atoms with van der Waals surface area (Å²) in [6.07, 6.45) is 6.44. The Morgan fingerprint density at radius 3 is 2.89 bits per heavy atom. The van der Waals surface area contributed by atoms with E-state index in [-0.39, 0.29) is 0 Å². The summed E-state index contributed by atoms with van der Waals surface area (Å²) in [5.41, 5.74) is 6.35. The maximum absolute atomic E-state index is 5.77. The molecule has 1 aromatic rings. The number of methoxy groups -OCH3 is 1. The molecule has 0 spiro atoms. The number of nitrogens with two attached hydrogens (primary N) is 1. The van der Waals surface area contributed by atoms with Gasteiger partial charge in [0.25, 0.3) is 0 Å². The molecule has 3 N–H and O–H groups in total. The second-order valence-electron chi connectivity index (χ2n) is 5.00. The predicted octanol–water partition coefficient (Wildman–Crippen LogP) is 3.05. The van der Waals surface area contributed by atoms with Crippen LogP contribution in [0.2, 0.25) is 0 Å². The van der Waals surface area contributed by atoms with Crippen molar-refractivity contribution in [3.05, 3.63) is 12.1 Å². The SMILES string of the molecule is CCC1CCCCC1Nc1ccc(N)c(OC)n1. The molecule has 1 aromatic heterocycles. The number of hydrogen-bond donors (Lipinski definition) is 2. The molecule has 0 saturated heterocycles. The Labute approximate surface area is 109 Å². The molecule has 0 radical (unpaired) electrons. The van der Waals surface area contributed by atoms with E-state index in [1.165, 1.54) is 32.1 Å². The number of ether oxygens (including phenoxy) is 1. The van der Waals surface area contributed by atoms with Gasteiger partial charge in [0.2, 0.25) is 5.88 Å². The van der Waals surface area contributed by atoms with Gasteiger partial charge in [0.1, 0.15) is 5.82 Å². The third kappa shape index (κ3) is 2.86. The van der Waals surface area contributed by atoms with Crippen LogP contribution in [0.25, 0.3) is 0 Å². The molecule has 1 fully saturated rings. The number of nitrogen functional groups attached to an aromatic ring is 1. The van der Waals surface area contributed by atoms with E-state index in [0.29, 0.717) is 17.6 Å². The van der Waals surface area contributed by atoms with Crippen LogP contribution in [0, 0.1) is 5.92 Å². The molecule has 4 heteroatoms. The summed E-state index contributed by atoms with van der Waals surface area (Å²) in [6, 6.07) is 4.31. The van der Waals surface area contributed by atoms with Gasteiger partial charge < -0.3 is 15.8 Å². The Balaban J connectivity index is 2.07. The Hall–Kier alpha value is -1.45. The minimum absolute atomic E-state index is 0.504. The second-order valence-corrected chi connectivity index (χ2v) is 5.00. The zero-order chi connectivity index (χ0) is 13.0. The van der Waals surface area contributed by atoms with Crippen molar-refractivity contribution in [3.8, 4) is 5.88 Å². The quantitative estimate of drug-likeness (QED) is 0.861. The first-order valence-corrected chi connectivity index (χ1v) is 6.81. The summed E-state index contributed by atoms with van der Waals surface area (Å²) in [5.74, 6) is 2.12. The topological polar surface area (TPSA) is 60.2 Å². The van der Waals surface area contributed by atoms with Crippen LogP contribution in [-0.2, 0) is 0 Å². The number of aromatic nitrogens is 1. The molecule has 2 unspecified atom stereocenters. The van der Waals surface area contributed by atoms with E-state index in [1.54, 1.807) is 7.11 Å². The third-order valence-electron chi connectivity index (χ3n) is 3.85. The Morgan fingerprint density at radius 2 is 2.17 bits per heavy atom. The van der Waals surface area contributed by atoms with Gasteiger partial charge in [-0.3, -0.25) is 0 Å². The summed E-state index contributed by atoms with van der Waals surface area (Å²) in [5, 5.41) is 3.54. The fourth-order valence-corrected chi connectivity index (χ4v) is 2.77. The zero-order valence-corrected chi connectivity index (χ0v) is 11.3. The zero-order valence-electron chi connectivity index (χ0n) is 11.3. The Morgan fingerprint density at radius 1 is 1.39 bits per heavy atom. The molecule has 4 nitrogen and oxygen atoms in total. The molecule has 2 atom stereocenters. The van der Waals surface area contributed by atoms with E-state index in [4.69, 9.17) is 10.5 Å². The number of pyridine rings is 1. The van der Waals surface area contributed by atoms with Crippen LogP contribution >= 0.6 is 0 Å². The molecule has 2 rings (SSSR count). The first kappa shape index (κ1) is 13.0. The largest absolute Gasteiger partial charge is 0.479 e. The van der Waals surface area contributed by atoms with Gasteiger partial charge in [-0.1, -0.05) is 26.2 Å². The molecule has 100 valence electrons. The molecule has 1 aliphatic carbocycles. The normalized spacial score (nSPS) is 23.7. The van der Waals surface area contributed by atoms with Crippen molar-refractivity contribution in [2.75, 3.05) is 18.2 Å². The number of nitrogens with zero attached hydrogens (tertiary/aromatic N) is 1. The highest BCUT2D eigenvalue weighted by Gasteiger charge is 2.23. The highest BCUT2D eigenvalue weighted by Crippen LogP contribution is 2.30. The van der Waals surface area contributed by atoms with E-state index in [2.05, 4.69) is 17.2 Å².